The fraction of sp³-hybridized carbons (Fsp3) is 0.714. The molecule has 0 heterocycles. The molecule has 1 aromatic rings. The second-order valence-electron chi connectivity index (χ2n) is 6.60. The van der Waals surface area contributed by atoms with Gasteiger partial charge in [0, 0.05) is 0 Å². The van der Waals surface area contributed by atoms with E-state index >= 15 is 0 Å². The number of aromatic hydroxyl groups is 1. The molecule has 0 saturated heterocycles. The van der Waals surface area contributed by atoms with E-state index in [9.17, 15) is 5.11 Å². The minimum Gasteiger partial charge on any atom is -0.508 e. The van der Waals surface area contributed by atoms with Crippen LogP contribution in [0.25, 0.3) is 0 Å². The van der Waals surface area contributed by atoms with Gasteiger partial charge >= 0.3 is 0 Å². The van der Waals surface area contributed by atoms with Gasteiger partial charge in [-0.2, -0.15) is 0 Å². The summed E-state index contributed by atoms with van der Waals surface area (Å²) < 4.78 is 0. The van der Waals surface area contributed by atoms with Gasteiger partial charge in [0.15, 0.2) is 0 Å². The molecule has 0 aliphatic heterocycles. The highest BCUT2D eigenvalue weighted by Crippen LogP contribution is 2.25. The fourth-order valence-corrected chi connectivity index (χ4v) is 3.15. The number of hydrogen-bond donors (Lipinski definition) is 1. The second kappa shape index (κ2) is 12.6. The van der Waals surface area contributed by atoms with Crippen LogP contribution >= 0.6 is 0 Å². The molecule has 0 unspecified atom stereocenters. The molecule has 0 aliphatic rings. The molecule has 1 nitrogen and oxygen atoms in total. The third kappa shape index (κ3) is 7.87. The normalized spacial score (nSPS) is 11.0. The first-order valence-electron chi connectivity index (χ1n) is 9.59. The molecule has 22 heavy (non-hydrogen) atoms. The van der Waals surface area contributed by atoms with Gasteiger partial charge in [-0.1, -0.05) is 83.8 Å². The first-order chi connectivity index (χ1) is 10.8. The summed E-state index contributed by atoms with van der Waals surface area (Å²) in [4.78, 5) is 0. The molecule has 0 bridgehead atoms. The molecule has 0 aliphatic carbocycles. The molecule has 0 spiro atoms. The first-order valence-corrected chi connectivity index (χ1v) is 9.59. The molecular weight excluding hydrogens is 268 g/mol. The van der Waals surface area contributed by atoms with Crippen molar-refractivity contribution in [2.45, 2.75) is 97.3 Å². The molecule has 0 atom stereocenters. The van der Waals surface area contributed by atoms with Crippen molar-refractivity contribution in [2.75, 3.05) is 0 Å². The van der Waals surface area contributed by atoms with Crippen LogP contribution in [-0.2, 0) is 12.8 Å². The number of phenolic OH excluding ortho intramolecular Hbond substituents is 1. The quantitative estimate of drug-likeness (QED) is 0.397. The van der Waals surface area contributed by atoms with Crippen LogP contribution < -0.4 is 0 Å². The van der Waals surface area contributed by atoms with Gasteiger partial charge in [0.05, 0.1) is 0 Å². The van der Waals surface area contributed by atoms with E-state index in [2.05, 4.69) is 19.9 Å². The first kappa shape index (κ1) is 19.1. The van der Waals surface area contributed by atoms with Crippen molar-refractivity contribution >= 4 is 0 Å². The largest absolute Gasteiger partial charge is 0.508 e. The summed E-state index contributed by atoms with van der Waals surface area (Å²) in [6.45, 7) is 4.51. The number of rotatable bonds is 13. The number of phenols is 1. The average Bonchev–Trinajstić information content (AvgIpc) is 2.52. The minimum absolute atomic E-state index is 0.513. The summed E-state index contributed by atoms with van der Waals surface area (Å²) in [6, 6.07) is 6.06. The SMILES string of the molecule is CCCCCCCCCc1c(O)cccc1CCCCCC. The van der Waals surface area contributed by atoms with Crippen molar-refractivity contribution < 1.29 is 5.11 Å². The van der Waals surface area contributed by atoms with Crippen molar-refractivity contribution in [1.82, 2.24) is 0 Å². The number of benzene rings is 1. The zero-order valence-electron chi connectivity index (χ0n) is 14.9. The van der Waals surface area contributed by atoms with E-state index in [0.717, 1.165) is 12.8 Å². The third-order valence-electron chi connectivity index (χ3n) is 4.58. The van der Waals surface area contributed by atoms with Crippen LogP contribution in [0.2, 0.25) is 0 Å². The molecule has 1 aromatic carbocycles. The van der Waals surface area contributed by atoms with Crippen LogP contribution in [0.1, 0.15) is 95.6 Å². The van der Waals surface area contributed by atoms with E-state index in [4.69, 9.17) is 0 Å². The van der Waals surface area contributed by atoms with Crippen molar-refractivity contribution in [3.8, 4) is 5.75 Å². The lowest BCUT2D eigenvalue weighted by Gasteiger charge is -2.11. The van der Waals surface area contributed by atoms with Gasteiger partial charge in [0.1, 0.15) is 5.75 Å². The maximum atomic E-state index is 10.2. The monoisotopic (exact) mass is 304 g/mol. The van der Waals surface area contributed by atoms with E-state index in [1.165, 1.54) is 81.8 Å². The summed E-state index contributed by atoms with van der Waals surface area (Å²) in [6.07, 6.45) is 16.7. The topological polar surface area (TPSA) is 20.2 Å². The van der Waals surface area contributed by atoms with Crippen LogP contribution in [0.15, 0.2) is 18.2 Å². The lowest BCUT2D eigenvalue weighted by molar-refractivity contribution is 0.464. The third-order valence-corrected chi connectivity index (χ3v) is 4.58. The number of aryl methyl sites for hydroxylation is 1. The summed E-state index contributed by atoms with van der Waals surface area (Å²) in [7, 11) is 0. The summed E-state index contributed by atoms with van der Waals surface area (Å²) in [5, 5.41) is 10.2. The highest BCUT2D eigenvalue weighted by atomic mass is 16.3. The Bertz CT molecular complexity index is 383. The molecule has 0 amide bonds. The van der Waals surface area contributed by atoms with E-state index in [-0.39, 0.29) is 0 Å². The molecule has 0 aromatic heterocycles. The summed E-state index contributed by atoms with van der Waals surface area (Å²) in [5.41, 5.74) is 2.59. The molecule has 0 saturated carbocycles. The molecule has 1 heteroatoms. The Labute approximate surface area is 138 Å². The Kier molecular flexibility index (Phi) is 10.9. The molecular formula is C21H36O. The van der Waals surface area contributed by atoms with Crippen molar-refractivity contribution in [2.24, 2.45) is 0 Å². The molecule has 126 valence electrons. The predicted octanol–water partition coefficient (Wildman–Crippen LogP) is 6.81. The summed E-state index contributed by atoms with van der Waals surface area (Å²) in [5.74, 6) is 0.513. The summed E-state index contributed by atoms with van der Waals surface area (Å²) >= 11 is 0. The second-order valence-corrected chi connectivity index (χ2v) is 6.60. The smallest absolute Gasteiger partial charge is 0.119 e. The van der Waals surface area contributed by atoms with Gasteiger partial charge in [-0.15, -0.1) is 0 Å². The number of hydrogen-bond acceptors (Lipinski definition) is 1. The predicted molar refractivity (Wildman–Crippen MR) is 97.6 cm³/mol. The van der Waals surface area contributed by atoms with Gasteiger partial charge in [-0.05, 0) is 42.9 Å². The van der Waals surface area contributed by atoms with E-state index in [1.54, 1.807) is 0 Å². The van der Waals surface area contributed by atoms with Crippen molar-refractivity contribution in [1.29, 1.82) is 0 Å². The van der Waals surface area contributed by atoms with Crippen LogP contribution in [-0.4, -0.2) is 5.11 Å². The standard InChI is InChI=1S/C21H36O/c1-3-5-7-9-10-11-13-17-20-19(15-12-8-6-4-2)16-14-18-21(20)22/h14,16,18,22H,3-13,15,17H2,1-2H3. The Morgan fingerprint density at radius 3 is 1.91 bits per heavy atom. The van der Waals surface area contributed by atoms with Gasteiger partial charge in [-0.25, -0.2) is 0 Å². The van der Waals surface area contributed by atoms with Gasteiger partial charge in [-0.3, -0.25) is 0 Å². The minimum atomic E-state index is 0.513. The van der Waals surface area contributed by atoms with Crippen LogP contribution in [0, 0.1) is 0 Å². The number of unbranched alkanes of at least 4 members (excludes halogenated alkanes) is 9. The maximum absolute atomic E-state index is 10.2. The van der Waals surface area contributed by atoms with Gasteiger partial charge in [0.25, 0.3) is 0 Å². The Morgan fingerprint density at radius 1 is 0.682 bits per heavy atom. The highest BCUT2D eigenvalue weighted by Gasteiger charge is 2.07. The Balaban J connectivity index is 2.34. The molecule has 1 N–H and O–H groups in total. The zero-order valence-corrected chi connectivity index (χ0v) is 14.9. The van der Waals surface area contributed by atoms with Crippen molar-refractivity contribution in [3.63, 3.8) is 0 Å². The maximum Gasteiger partial charge on any atom is 0.119 e. The van der Waals surface area contributed by atoms with Crippen molar-refractivity contribution in [3.05, 3.63) is 29.3 Å². The molecule has 0 fully saturated rings. The zero-order chi connectivity index (χ0) is 16.0. The van der Waals surface area contributed by atoms with Gasteiger partial charge in [0.2, 0.25) is 0 Å². The fourth-order valence-electron chi connectivity index (χ4n) is 3.15. The molecule has 0 radical (unpaired) electrons. The van der Waals surface area contributed by atoms with E-state index in [1.807, 2.05) is 12.1 Å². The Morgan fingerprint density at radius 2 is 1.23 bits per heavy atom. The highest BCUT2D eigenvalue weighted by molar-refractivity contribution is 5.39. The van der Waals surface area contributed by atoms with Crippen LogP contribution in [0.5, 0.6) is 5.75 Å². The molecule has 1 rings (SSSR count). The Hall–Kier alpha value is -0.980. The average molecular weight is 305 g/mol. The van der Waals surface area contributed by atoms with Gasteiger partial charge < -0.3 is 5.11 Å². The van der Waals surface area contributed by atoms with E-state index in [0.29, 0.717) is 5.75 Å². The lowest BCUT2D eigenvalue weighted by Crippen LogP contribution is -1.96. The lowest BCUT2D eigenvalue weighted by atomic mass is 9.95. The van der Waals surface area contributed by atoms with E-state index < -0.39 is 0 Å². The van der Waals surface area contributed by atoms with Crippen LogP contribution in [0.3, 0.4) is 0 Å². The van der Waals surface area contributed by atoms with Crippen LogP contribution in [0.4, 0.5) is 0 Å².